The van der Waals surface area contributed by atoms with Gasteiger partial charge in [0, 0.05) is 43.1 Å². The molecule has 6 nitrogen and oxygen atoms in total. The maximum Gasteiger partial charge on any atom is 0.416 e. The summed E-state index contributed by atoms with van der Waals surface area (Å²) < 4.78 is 39.9. The fourth-order valence-electron chi connectivity index (χ4n) is 3.85. The second-order valence-electron chi connectivity index (χ2n) is 7.44. The molecule has 3 aromatic rings. The number of piperazine rings is 1. The first-order valence-corrected chi connectivity index (χ1v) is 9.85. The van der Waals surface area contributed by atoms with Crippen molar-refractivity contribution in [3.05, 3.63) is 53.3 Å². The lowest BCUT2D eigenvalue weighted by molar-refractivity contribution is -0.138. The van der Waals surface area contributed by atoms with Crippen molar-refractivity contribution in [3.8, 4) is 0 Å². The van der Waals surface area contributed by atoms with Crippen LogP contribution in [0.5, 0.6) is 0 Å². The third-order valence-electron chi connectivity index (χ3n) is 5.47. The van der Waals surface area contributed by atoms with E-state index >= 15 is 0 Å². The largest absolute Gasteiger partial charge is 0.416 e. The Balaban J connectivity index is 1.67. The zero-order valence-electron chi connectivity index (χ0n) is 16.8. The first-order valence-electron chi connectivity index (χ1n) is 9.85. The number of hydrogen-bond donors (Lipinski definition) is 2. The summed E-state index contributed by atoms with van der Waals surface area (Å²) in [5.41, 5.74) is 0.157. The highest BCUT2D eigenvalue weighted by Gasteiger charge is 2.33. The Labute approximate surface area is 172 Å². The van der Waals surface area contributed by atoms with Crippen LogP contribution in [0.2, 0.25) is 0 Å². The fourth-order valence-corrected chi connectivity index (χ4v) is 3.85. The molecule has 0 bridgehead atoms. The number of nitrogens with zero attached hydrogens (tertiary/aromatic N) is 4. The molecule has 0 spiro atoms. The van der Waals surface area contributed by atoms with Crippen molar-refractivity contribution in [2.45, 2.75) is 26.1 Å². The molecule has 1 saturated heterocycles. The van der Waals surface area contributed by atoms with Crippen molar-refractivity contribution in [1.29, 1.82) is 0 Å². The molecule has 158 valence electrons. The SMILES string of the molecule is Cc1c([C@@H](C)Nc2nncc3cnc(N4CCNCC4)cc23)cccc1C(F)(F)F. The van der Waals surface area contributed by atoms with E-state index < -0.39 is 11.7 Å². The number of alkyl halides is 3. The molecule has 4 rings (SSSR count). The predicted octanol–water partition coefficient (Wildman–Crippen LogP) is 3.93. The second-order valence-corrected chi connectivity index (χ2v) is 7.44. The van der Waals surface area contributed by atoms with Crippen molar-refractivity contribution < 1.29 is 13.2 Å². The van der Waals surface area contributed by atoms with Gasteiger partial charge >= 0.3 is 6.18 Å². The van der Waals surface area contributed by atoms with Gasteiger partial charge < -0.3 is 15.5 Å². The van der Waals surface area contributed by atoms with E-state index in [0.717, 1.165) is 48.8 Å². The molecule has 2 aromatic heterocycles. The molecule has 2 N–H and O–H groups in total. The van der Waals surface area contributed by atoms with Gasteiger partial charge in [0.2, 0.25) is 0 Å². The molecule has 1 aliphatic rings. The van der Waals surface area contributed by atoms with Crippen LogP contribution in [0.25, 0.3) is 10.8 Å². The van der Waals surface area contributed by atoms with Crippen molar-refractivity contribution >= 4 is 22.4 Å². The summed E-state index contributed by atoms with van der Waals surface area (Å²) in [5, 5.41) is 16.5. The van der Waals surface area contributed by atoms with Crippen LogP contribution in [-0.2, 0) is 6.18 Å². The number of halogens is 3. The Kier molecular flexibility index (Phi) is 5.46. The van der Waals surface area contributed by atoms with Gasteiger partial charge in [-0.2, -0.15) is 18.3 Å². The average Bonchev–Trinajstić information content (AvgIpc) is 2.73. The van der Waals surface area contributed by atoms with E-state index in [0.29, 0.717) is 11.4 Å². The number of pyridine rings is 1. The number of rotatable bonds is 4. The van der Waals surface area contributed by atoms with Gasteiger partial charge in [-0.25, -0.2) is 4.98 Å². The lowest BCUT2D eigenvalue weighted by Gasteiger charge is -2.28. The number of aromatic nitrogens is 3. The fraction of sp³-hybridized carbons (Fsp3) is 0.381. The molecule has 1 aliphatic heterocycles. The Bertz CT molecular complexity index is 1050. The third-order valence-corrected chi connectivity index (χ3v) is 5.47. The molecule has 0 aliphatic carbocycles. The van der Waals surface area contributed by atoms with Crippen LogP contribution in [0.3, 0.4) is 0 Å². The summed E-state index contributed by atoms with van der Waals surface area (Å²) in [6, 6.07) is 5.82. The zero-order chi connectivity index (χ0) is 21.3. The van der Waals surface area contributed by atoms with Crippen LogP contribution in [0.4, 0.5) is 24.8 Å². The van der Waals surface area contributed by atoms with Crippen LogP contribution in [0.15, 0.2) is 36.7 Å². The quantitative estimate of drug-likeness (QED) is 0.672. The Hall–Kier alpha value is -2.94. The highest BCUT2D eigenvalue weighted by atomic mass is 19.4. The number of fused-ring (bicyclic) bond motifs is 1. The topological polar surface area (TPSA) is 66.0 Å². The molecule has 1 atom stereocenters. The summed E-state index contributed by atoms with van der Waals surface area (Å²) in [6.45, 7) is 6.83. The summed E-state index contributed by atoms with van der Waals surface area (Å²) >= 11 is 0. The number of anilines is 2. The van der Waals surface area contributed by atoms with E-state index in [1.807, 2.05) is 13.0 Å². The Morgan fingerprint density at radius 3 is 2.67 bits per heavy atom. The predicted molar refractivity (Wildman–Crippen MR) is 111 cm³/mol. The van der Waals surface area contributed by atoms with Gasteiger partial charge in [0.25, 0.3) is 0 Å². The molecule has 30 heavy (non-hydrogen) atoms. The first kappa shape index (κ1) is 20.3. The van der Waals surface area contributed by atoms with Crippen LogP contribution >= 0.6 is 0 Å². The highest BCUT2D eigenvalue weighted by molar-refractivity contribution is 5.92. The van der Waals surface area contributed by atoms with E-state index in [1.165, 1.54) is 13.0 Å². The first-order chi connectivity index (χ1) is 14.3. The van der Waals surface area contributed by atoms with Crippen LogP contribution in [-0.4, -0.2) is 41.4 Å². The number of nitrogens with one attached hydrogen (secondary N) is 2. The summed E-state index contributed by atoms with van der Waals surface area (Å²) in [5.74, 6) is 1.37. The lowest BCUT2D eigenvalue weighted by atomic mass is 9.97. The monoisotopic (exact) mass is 416 g/mol. The van der Waals surface area contributed by atoms with Gasteiger partial charge in [0.1, 0.15) is 5.82 Å². The Morgan fingerprint density at radius 1 is 1.17 bits per heavy atom. The van der Waals surface area contributed by atoms with E-state index in [-0.39, 0.29) is 11.6 Å². The van der Waals surface area contributed by atoms with Crippen molar-refractivity contribution in [3.63, 3.8) is 0 Å². The minimum atomic E-state index is -4.39. The normalized spacial score (nSPS) is 16.0. The van der Waals surface area contributed by atoms with E-state index in [4.69, 9.17) is 0 Å². The second kappa shape index (κ2) is 8.06. The smallest absolute Gasteiger partial charge is 0.362 e. The van der Waals surface area contributed by atoms with E-state index in [1.54, 1.807) is 18.5 Å². The van der Waals surface area contributed by atoms with Crippen molar-refractivity contribution in [1.82, 2.24) is 20.5 Å². The molecule has 0 saturated carbocycles. The van der Waals surface area contributed by atoms with Gasteiger partial charge in [-0.3, -0.25) is 0 Å². The maximum absolute atomic E-state index is 13.3. The number of hydrogen-bond acceptors (Lipinski definition) is 6. The van der Waals surface area contributed by atoms with Crippen LogP contribution in [0, 0.1) is 6.92 Å². The summed E-state index contributed by atoms with van der Waals surface area (Å²) in [6.07, 6.45) is -0.995. The molecular formula is C21H23F3N6. The van der Waals surface area contributed by atoms with Gasteiger partial charge in [-0.05, 0) is 37.1 Å². The van der Waals surface area contributed by atoms with E-state index in [2.05, 4.69) is 30.7 Å². The Morgan fingerprint density at radius 2 is 1.93 bits per heavy atom. The van der Waals surface area contributed by atoms with Gasteiger partial charge in [-0.15, -0.1) is 5.10 Å². The summed E-state index contributed by atoms with van der Waals surface area (Å²) in [7, 11) is 0. The highest BCUT2D eigenvalue weighted by Crippen LogP contribution is 2.35. The molecule has 0 radical (unpaired) electrons. The number of benzene rings is 1. The maximum atomic E-state index is 13.3. The molecule has 1 aromatic carbocycles. The minimum Gasteiger partial charge on any atom is -0.362 e. The van der Waals surface area contributed by atoms with Gasteiger partial charge in [-0.1, -0.05) is 12.1 Å². The molecular weight excluding hydrogens is 393 g/mol. The lowest BCUT2D eigenvalue weighted by Crippen LogP contribution is -2.43. The van der Waals surface area contributed by atoms with Gasteiger partial charge in [0.15, 0.2) is 5.82 Å². The third kappa shape index (κ3) is 4.02. The standard InChI is InChI=1S/C21H23F3N6/c1-13-16(4-3-5-18(13)21(22,23)24)14(2)28-20-17-10-19(30-8-6-25-7-9-30)26-11-15(17)12-27-29-20/h3-5,10-12,14,25H,6-9H2,1-2H3,(H,28,29)/t14-/m1/s1. The van der Waals surface area contributed by atoms with Crippen molar-refractivity contribution in [2.75, 3.05) is 36.4 Å². The summed E-state index contributed by atoms with van der Waals surface area (Å²) in [4.78, 5) is 6.73. The average molecular weight is 416 g/mol. The molecule has 3 heterocycles. The minimum absolute atomic E-state index is 0.210. The van der Waals surface area contributed by atoms with Crippen LogP contribution < -0.4 is 15.5 Å². The van der Waals surface area contributed by atoms with E-state index in [9.17, 15) is 13.2 Å². The zero-order valence-corrected chi connectivity index (χ0v) is 16.8. The molecule has 1 fully saturated rings. The van der Waals surface area contributed by atoms with Gasteiger partial charge in [0.05, 0.1) is 17.8 Å². The van der Waals surface area contributed by atoms with Crippen LogP contribution in [0.1, 0.15) is 29.7 Å². The molecule has 9 heteroatoms. The molecule has 0 unspecified atom stereocenters. The molecule has 0 amide bonds. The van der Waals surface area contributed by atoms with Crippen molar-refractivity contribution in [2.24, 2.45) is 0 Å².